The standard InChI is InChI=1S/C24H34NP.C20H24ClP.C2H6.2CH4/c1-6-7-10-25-26-23(21-13-17(2)11-18(3)14-21)8-9-24(26)22-15-19(4)12-20(5)16-22;1-13-7-14(2)10-17(9-13)19-5-6-20(22(19)21)18-11-15(3)8-16(4)12-18;1-2;;/h11-16,23-25H,6-10H2,1-5H3;7-12,19-20H,5-6H2,1-4H3;1-2H3;2*1H4/t23-,24-;19-,20-;;;/m00.../s1. The summed E-state index contributed by atoms with van der Waals surface area (Å²) in [7, 11) is -0.757. The molecule has 1 nitrogen and oxygen atoms in total. The van der Waals surface area contributed by atoms with Gasteiger partial charge in [-0.25, -0.2) is 0 Å². The molecule has 2 aliphatic rings. The van der Waals surface area contributed by atoms with Gasteiger partial charge >= 0.3 is 0 Å². The third kappa shape index (κ3) is 12.3. The van der Waals surface area contributed by atoms with Crippen LogP contribution in [0, 0.1) is 55.4 Å². The molecule has 0 saturated carbocycles. The molecule has 0 unspecified atom stereocenters. The van der Waals surface area contributed by atoms with Crippen molar-refractivity contribution in [2.45, 2.75) is 152 Å². The lowest BCUT2D eigenvalue weighted by Crippen LogP contribution is -2.14. The zero-order chi connectivity index (χ0) is 36.5. The fourth-order valence-electron chi connectivity index (χ4n) is 8.28. The van der Waals surface area contributed by atoms with Crippen LogP contribution in [0.15, 0.2) is 72.8 Å². The van der Waals surface area contributed by atoms with Crippen LogP contribution < -0.4 is 5.09 Å². The molecule has 0 aromatic heterocycles. The highest BCUT2D eigenvalue weighted by atomic mass is 35.7. The molecule has 2 aliphatic heterocycles. The highest BCUT2D eigenvalue weighted by molar-refractivity contribution is 7.84. The van der Waals surface area contributed by atoms with E-state index >= 15 is 0 Å². The van der Waals surface area contributed by atoms with Gasteiger partial charge in [-0.05, 0) is 124 Å². The summed E-state index contributed by atoms with van der Waals surface area (Å²) in [6.45, 7) is 25.1. The Morgan fingerprint density at radius 1 is 0.481 bits per heavy atom. The van der Waals surface area contributed by atoms with Crippen LogP contribution in [-0.4, -0.2) is 6.54 Å². The van der Waals surface area contributed by atoms with Gasteiger partial charge in [0.1, 0.15) is 0 Å². The van der Waals surface area contributed by atoms with Gasteiger partial charge in [-0.2, -0.15) is 0 Å². The minimum Gasteiger partial charge on any atom is -0.295 e. The van der Waals surface area contributed by atoms with Gasteiger partial charge in [0.15, 0.2) is 0 Å². The third-order valence-electron chi connectivity index (χ3n) is 10.0. The Morgan fingerprint density at radius 2 is 0.731 bits per heavy atom. The molecule has 2 saturated heterocycles. The van der Waals surface area contributed by atoms with E-state index in [1.807, 2.05) is 13.8 Å². The monoisotopic (exact) mass is 759 g/mol. The predicted octanol–water partition coefficient (Wildman–Crippen LogP) is 16.7. The second-order valence-electron chi connectivity index (χ2n) is 14.9. The molecule has 0 radical (unpaired) electrons. The van der Waals surface area contributed by atoms with Gasteiger partial charge in [0.05, 0.1) is 0 Å². The summed E-state index contributed by atoms with van der Waals surface area (Å²) in [4.78, 5) is 0. The number of aryl methyl sites for hydroxylation is 8. The summed E-state index contributed by atoms with van der Waals surface area (Å²) < 4.78 is 0. The Labute approximate surface area is 328 Å². The van der Waals surface area contributed by atoms with Gasteiger partial charge in [0, 0.05) is 29.9 Å². The zero-order valence-electron chi connectivity index (χ0n) is 33.0. The lowest BCUT2D eigenvalue weighted by molar-refractivity contribution is 0.764. The molecule has 286 valence electrons. The maximum Gasteiger partial charge on any atom is 0.0186 e. The smallest absolute Gasteiger partial charge is 0.0186 e. The van der Waals surface area contributed by atoms with Crippen LogP contribution in [0.2, 0.25) is 0 Å². The van der Waals surface area contributed by atoms with E-state index in [-0.39, 0.29) is 22.9 Å². The molecule has 4 aromatic rings. The van der Waals surface area contributed by atoms with Gasteiger partial charge in [-0.1, -0.05) is 171 Å². The van der Waals surface area contributed by atoms with Crippen LogP contribution >= 0.6 is 26.6 Å². The second-order valence-corrected chi connectivity index (χ2v) is 20.4. The third-order valence-corrected chi connectivity index (χ3v) is 16.8. The van der Waals surface area contributed by atoms with E-state index < -0.39 is 7.27 Å². The van der Waals surface area contributed by atoms with E-state index in [9.17, 15) is 0 Å². The first-order valence-electron chi connectivity index (χ1n) is 19.2. The molecule has 0 spiro atoms. The number of unbranched alkanes of at least 4 members (excludes halogenated alkanes) is 1. The van der Waals surface area contributed by atoms with E-state index in [1.165, 1.54) is 94.2 Å². The minimum atomic E-state index is -0.522. The first-order valence-corrected chi connectivity index (χ1v) is 23.1. The fraction of sp³-hybridized carbons (Fsp3) is 0.500. The summed E-state index contributed by atoms with van der Waals surface area (Å²) in [5.41, 5.74) is 19.5. The van der Waals surface area contributed by atoms with Crippen LogP contribution in [0.4, 0.5) is 0 Å². The summed E-state index contributed by atoms with van der Waals surface area (Å²) in [5, 5.41) is 4.02. The number of hydrogen-bond acceptors (Lipinski definition) is 1. The van der Waals surface area contributed by atoms with E-state index in [4.69, 9.17) is 11.2 Å². The number of rotatable bonds is 8. The van der Waals surface area contributed by atoms with Crippen LogP contribution in [0.1, 0.15) is 164 Å². The summed E-state index contributed by atoms with van der Waals surface area (Å²) >= 11 is 6.99. The minimum absolute atomic E-state index is 0. The van der Waals surface area contributed by atoms with Gasteiger partial charge < -0.3 is 0 Å². The van der Waals surface area contributed by atoms with Crippen molar-refractivity contribution in [3.05, 3.63) is 140 Å². The summed E-state index contributed by atoms with van der Waals surface area (Å²) in [5.74, 6) is 0. The molecule has 4 atom stereocenters. The SMILES string of the molecule is C.C.CC.CCCCNP1[C@H](c2cc(C)cc(C)c2)CC[C@H]1c1cc(C)cc(C)c1.Cc1cc(C)cc([C@@H]2CC[C@@H](c3cc(C)cc(C)c3)P2Cl)c1. The number of halogens is 1. The van der Waals surface area contributed by atoms with Crippen LogP contribution in [0.25, 0.3) is 0 Å². The molecule has 52 heavy (non-hydrogen) atoms. The number of benzene rings is 4. The molecule has 0 amide bonds. The molecular formula is C48H72ClNP2. The normalized spacial score (nSPS) is 19.8. The average Bonchev–Trinajstić information content (AvgIpc) is 3.64. The van der Waals surface area contributed by atoms with Gasteiger partial charge in [0.25, 0.3) is 0 Å². The van der Waals surface area contributed by atoms with Crippen molar-refractivity contribution >= 4 is 26.6 Å². The topological polar surface area (TPSA) is 12.0 Å². The van der Waals surface area contributed by atoms with Crippen molar-refractivity contribution < 1.29 is 0 Å². The molecule has 4 heteroatoms. The molecule has 6 rings (SSSR count). The largest absolute Gasteiger partial charge is 0.295 e. The maximum atomic E-state index is 6.99. The average molecular weight is 761 g/mol. The highest BCUT2D eigenvalue weighted by Gasteiger charge is 2.38. The van der Waals surface area contributed by atoms with Crippen LogP contribution in [-0.2, 0) is 0 Å². The Balaban J connectivity index is 0.000000335. The van der Waals surface area contributed by atoms with Crippen LogP contribution in [0.3, 0.4) is 0 Å². The first kappa shape index (κ1) is 46.1. The molecule has 2 fully saturated rings. The molecule has 1 N–H and O–H groups in total. The van der Waals surface area contributed by atoms with Gasteiger partial charge in [0.2, 0.25) is 0 Å². The lowest BCUT2D eigenvalue weighted by atomic mass is 9.99. The van der Waals surface area contributed by atoms with E-state index in [0.717, 1.165) is 6.54 Å². The Morgan fingerprint density at radius 3 is 1.00 bits per heavy atom. The van der Waals surface area contributed by atoms with Crippen molar-refractivity contribution in [1.29, 1.82) is 0 Å². The van der Waals surface area contributed by atoms with E-state index in [2.05, 4.69) is 140 Å². The molecular weight excluding hydrogens is 688 g/mol. The number of nitrogens with one attached hydrogen (secondary N) is 1. The molecule has 0 bridgehead atoms. The Bertz CT molecular complexity index is 1500. The van der Waals surface area contributed by atoms with Gasteiger partial charge in [-0.15, -0.1) is 0 Å². The number of hydrogen-bond donors (Lipinski definition) is 1. The zero-order valence-corrected chi connectivity index (χ0v) is 35.5. The summed E-state index contributed by atoms with van der Waals surface area (Å²) in [6.07, 6.45) is 7.60. The van der Waals surface area contributed by atoms with Crippen molar-refractivity contribution in [3.63, 3.8) is 0 Å². The van der Waals surface area contributed by atoms with Crippen molar-refractivity contribution in [1.82, 2.24) is 5.09 Å². The van der Waals surface area contributed by atoms with Crippen molar-refractivity contribution in [2.75, 3.05) is 6.54 Å². The predicted molar refractivity (Wildman–Crippen MR) is 241 cm³/mol. The highest BCUT2D eigenvalue weighted by Crippen LogP contribution is 2.73. The maximum absolute atomic E-state index is 6.99. The van der Waals surface area contributed by atoms with Crippen LogP contribution in [0.5, 0.6) is 0 Å². The second kappa shape index (κ2) is 21.8. The first-order chi connectivity index (χ1) is 23.9. The Hall–Kier alpha value is -2.01. The van der Waals surface area contributed by atoms with E-state index in [1.54, 1.807) is 11.1 Å². The van der Waals surface area contributed by atoms with Crippen molar-refractivity contribution in [3.8, 4) is 0 Å². The molecule has 2 heterocycles. The molecule has 4 aromatic carbocycles. The fourth-order valence-corrected chi connectivity index (χ4v) is 14.7. The van der Waals surface area contributed by atoms with Gasteiger partial charge in [-0.3, -0.25) is 5.09 Å². The lowest BCUT2D eigenvalue weighted by Gasteiger charge is -2.28. The summed E-state index contributed by atoms with van der Waals surface area (Å²) in [6, 6.07) is 28.1. The molecule has 0 aliphatic carbocycles. The Kier molecular flexibility index (Phi) is 19.3. The van der Waals surface area contributed by atoms with E-state index in [0.29, 0.717) is 22.6 Å². The quantitative estimate of drug-likeness (QED) is 0.139. The van der Waals surface area contributed by atoms with Crippen molar-refractivity contribution in [2.24, 2.45) is 0 Å².